The molecule has 0 aliphatic rings. The van der Waals surface area contributed by atoms with Gasteiger partial charge in [0.2, 0.25) is 5.95 Å². The summed E-state index contributed by atoms with van der Waals surface area (Å²) in [5.74, 6) is 0.154. The van der Waals surface area contributed by atoms with Crippen molar-refractivity contribution >= 4 is 16.9 Å². The normalized spacial score (nSPS) is 9.54. The Labute approximate surface area is 73.7 Å². The molecule has 0 atom stereocenters. The summed E-state index contributed by atoms with van der Waals surface area (Å²) in [4.78, 5) is 10.5. The van der Waals surface area contributed by atoms with Crippen molar-refractivity contribution in [3.63, 3.8) is 0 Å². The van der Waals surface area contributed by atoms with Crippen LogP contribution in [0.25, 0.3) is 21.3 Å². The topological polar surface area (TPSA) is 74.5 Å². The molecule has 0 saturated heterocycles. The van der Waals surface area contributed by atoms with Crippen LogP contribution in [0.3, 0.4) is 0 Å². The maximum atomic E-state index is 8.17. The van der Waals surface area contributed by atoms with Crippen molar-refractivity contribution < 1.29 is 0 Å². The standard InChI is InChI=1S/C8H5N5/c9-13-12-8-10-5-6-3-1-2-4-7(6)11-8/h1-5H. The van der Waals surface area contributed by atoms with Crippen molar-refractivity contribution in [1.29, 1.82) is 0 Å². The number of aromatic nitrogens is 2. The van der Waals surface area contributed by atoms with Gasteiger partial charge in [0, 0.05) is 16.5 Å². The van der Waals surface area contributed by atoms with Crippen LogP contribution < -0.4 is 0 Å². The van der Waals surface area contributed by atoms with E-state index < -0.39 is 0 Å². The van der Waals surface area contributed by atoms with Gasteiger partial charge < -0.3 is 0 Å². The Hall–Kier alpha value is -2.13. The summed E-state index contributed by atoms with van der Waals surface area (Å²) in [6.45, 7) is 0. The van der Waals surface area contributed by atoms with Gasteiger partial charge in [-0.2, -0.15) is 0 Å². The number of fused-ring (bicyclic) bond motifs is 1. The van der Waals surface area contributed by atoms with E-state index in [0.29, 0.717) is 0 Å². The van der Waals surface area contributed by atoms with Gasteiger partial charge >= 0.3 is 0 Å². The van der Waals surface area contributed by atoms with Crippen molar-refractivity contribution in [2.24, 2.45) is 5.11 Å². The first kappa shape index (κ1) is 7.52. The fourth-order valence-electron chi connectivity index (χ4n) is 1.05. The molecular formula is C8H5N5. The van der Waals surface area contributed by atoms with E-state index >= 15 is 0 Å². The van der Waals surface area contributed by atoms with Crippen LogP contribution >= 0.6 is 0 Å². The van der Waals surface area contributed by atoms with Gasteiger partial charge in [-0.25, -0.2) is 9.97 Å². The Morgan fingerprint density at radius 3 is 3.00 bits per heavy atom. The Morgan fingerprint density at radius 1 is 1.31 bits per heavy atom. The number of para-hydroxylation sites is 1. The predicted octanol–water partition coefficient (Wildman–Crippen LogP) is 2.57. The Bertz CT molecular complexity index is 487. The summed E-state index contributed by atoms with van der Waals surface area (Å²) < 4.78 is 0. The molecule has 0 saturated carbocycles. The molecule has 0 unspecified atom stereocenters. The molecule has 0 bridgehead atoms. The van der Waals surface area contributed by atoms with Gasteiger partial charge in [-0.15, -0.1) is 0 Å². The molecular weight excluding hydrogens is 166 g/mol. The molecule has 62 valence electrons. The smallest absolute Gasteiger partial charge is 0.217 e. The van der Waals surface area contributed by atoms with Crippen molar-refractivity contribution in [2.75, 3.05) is 0 Å². The quantitative estimate of drug-likeness (QED) is 0.375. The first-order valence-corrected chi connectivity index (χ1v) is 3.67. The molecule has 2 rings (SSSR count). The van der Waals surface area contributed by atoms with Crippen molar-refractivity contribution in [3.05, 3.63) is 40.9 Å². The lowest BCUT2D eigenvalue weighted by molar-refractivity contribution is 1.17. The number of rotatable bonds is 1. The zero-order chi connectivity index (χ0) is 9.10. The van der Waals surface area contributed by atoms with Crippen LogP contribution in [0.5, 0.6) is 0 Å². The van der Waals surface area contributed by atoms with Gasteiger partial charge in [-0.05, 0) is 16.7 Å². The fraction of sp³-hybridized carbons (Fsp3) is 0. The van der Waals surface area contributed by atoms with Crippen LogP contribution in [0, 0.1) is 0 Å². The van der Waals surface area contributed by atoms with Gasteiger partial charge in [0.1, 0.15) is 0 Å². The van der Waals surface area contributed by atoms with E-state index in [1.807, 2.05) is 24.3 Å². The minimum Gasteiger partial charge on any atom is -0.235 e. The van der Waals surface area contributed by atoms with E-state index in [4.69, 9.17) is 5.53 Å². The number of hydrogen-bond acceptors (Lipinski definition) is 3. The zero-order valence-corrected chi connectivity index (χ0v) is 6.62. The first-order valence-electron chi connectivity index (χ1n) is 3.67. The van der Waals surface area contributed by atoms with Crippen LogP contribution in [-0.2, 0) is 0 Å². The largest absolute Gasteiger partial charge is 0.235 e. The molecule has 5 nitrogen and oxygen atoms in total. The lowest BCUT2D eigenvalue weighted by atomic mass is 10.2. The fourth-order valence-corrected chi connectivity index (χ4v) is 1.05. The van der Waals surface area contributed by atoms with E-state index in [1.54, 1.807) is 6.20 Å². The lowest BCUT2D eigenvalue weighted by Crippen LogP contribution is -1.81. The van der Waals surface area contributed by atoms with Gasteiger partial charge in [-0.3, -0.25) is 0 Å². The van der Waals surface area contributed by atoms with Crippen molar-refractivity contribution in [3.8, 4) is 0 Å². The van der Waals surface area contributed by atoms with Crippen LogP contribution in [0.2, 0.25) is 0 Å². The average molecular weight is 171 g/mol. The maximum Gasteiger partial charge on any atom is 0.217 e. The molecule has 0 spiro atoms. The van der Waals surface area contributed by atoms with E-state index in [0.717, 1.165) is 10.9 Å². The van der Waals surface area contributed by atoms with Crippen LogP contribution in [-0.4, -0.2) is 9.97 Å². The third-order valence-electron chi connectivity index (χ3n) is 1.61. The van der Waals surface area contributed by atoms with Gasteiger partial charge in [0.25, 0.3) is 0 Å². The molecule has 0 aliphatic carbocycles. The molecule has 0 amide bonds. The molecule has 0 radical (unpaired) electrons. The summed E-state index contributed by atoms with van der Waals surface area (Å²) >= 11 is 0. The minimum absolute atomic E-state index is 0.154. The summed E-state index contributed by atoms with van der Waals surface area (Å²) in [5, 5.41) is 4.25. The SMILES string of the molecule is [N-]=[N+]=Nc1ncc2ccccc2n1. The van der Waals surface area contributed by atoms with Gasteiger partial charge in [0.05, 0.1) is 5.52 Å². The number of hydrogen-bond donors (Lipinski definition) is 0. The average Bonchev–Trinajstić information content (AvgIpc) is 2.18. The van der Waals surface area contributed by atoms with E-state index in [9.17, 15) is 0 Å². The summed E-state index contributed by atoms with van der Waals surface area (Å²) in [7, 11) is 0. The summed E-state index contributed by atoms with van der Waals surface area (Å²) in [6.07, 6.45) is 1.63. The second-order valence-corrected chi connectivity index (χ2v) is 2.42. The molecule has 0 fully saturated rings. The van der Waals surface area contributed by atoms with Crippen molar-refractivity contribution in [1.82, 2.24) is 9.97 Å². The maximum absolute atomic E-state index is 8.17. The second-order valence-electron chi connectivity index (χ2n) is 2.42. The van der Waals surface area contributed by atoms with Gasteiger partial charge in [-0.1, -0.05) is 18.2 Å². The van der Waals surface area contributed by atoms with Gasteiger partial charge in [0.15, 0.2) is 0 Å². The summed E-state index contributed by atoms with van der Waals surface area (Å²) in [6, 6.07) is 7.51. The Morgan fingerprint density at radius 2 is 2.15 bits per heavy atom. The van der Waals surface area contributed by atoms with Crippen LogP contribution in [0.1, 0.15) is 0 Å². The molecule has 1 aromatic heterocycles. The van der Waals surface area contributed by atoms with E-state index in [1.165, 1.54) is 0 Å². The van der Waals surface area contributed by atoms with Crippen LogP contribution in [0.4, 0.5) is 5.95 Å². The van der Waals surface area contributed by atoms with E-state index in [2.05, 4.69) is 20.0 Å². The molecule has 5 heteroatoms. The first-order chi connectivity index (χ1) is 6.40. The molecule has 0 N–H and O–H groups in total. The highest BCUT2D eigenvalue weighted by atomic mass is 15.2. The lowest BCUT2D eigenvalue weighted by Gasteiger charge is -1.95. The second kappa shape index (κ2) is 3.08. The third-order valence-corrected chi connectivity index (χ3v) is 1.61. The monoisotopic (exact) mass is 171 g/mol. The molecule has 13 heavy (non-hydrogen) atoms. The predicted molar refractivity (Wildman–Crippen MR) is 48.3 cm³/mol. The molecule has 0 aliphatic heterocycles. The van der Waals surface area contributed by atoms with E-state index in [-0.39, 0.29) is 5.95 Å². The highest BCUT2D eigenvalue weighted by Crippen LogP contribution is 2.12. The van der Waals surface area contributed by atoms with Crippen molar-refractivity contribution in [2.45, 2.75) is 0 Å². The zero-order valence-electron chi connectivity index (χ0n) is 6.62. The molecule has 1 heterocycles. The molecule has 2 aromatic rings. The minimum atomic E-state index is 0.154. The van der Waals surface area contributed by atoms with Crippen LogP contribution in [0.15, 0.2) is 35.6 Å². The summed E-state index contributed by atoms with van der Waals surface area (Å²) in [5.41, 5.74) is 8.95. The Kier molecular flexibility index (Phi) is 1.78. The number of azide groups is 1. The highest BCUT2D eigenvalue weighted by molar-refractivity contribution is 5.78. The highest BCUT2D eigenvalue weighted by Gasteiger charge is 1.95. The molecule has 1 aromatic carbocycles. The number of benzene rings is 1. The third kappa shape index (κ3) is 1.40. The number of nitrogens with zero attached hydrogens (tertiary/aromatic N) is 5. The Balaban J connectivity index is 2.68.